The van der Waals surface area contributed by atoms with Gasteiger partial charge in [-0.15, -0.1) is 10.2 Å². The molecule has 8 heteroatoms. The molecular weight excluding hydrogens is 364 g/mol. The molecule has 1 aliphatic heterocycles. The van der Waals surface area contributed by atoms with Gasteiger partial charge in [-0.25, -0.2) is 0 Å². The van der Waals surface area contributed by atoms with Crippen LogP contribution in [0.2, 0.25) is 0 Å². The second kappa shape index (κ2) is 9.47. The SMILES string of the molecule is CN=C(NCCc1nnc2ccccn12)NC1CCN(Cc2ccccn2)CC1. The molecule has 4 rings (SSSR count). The van der Waals surface area contributed by atoms with E-state index in [2.05, 4.69) is 47.8 Å². The maximum Gasteiger partial charge on any atom is 0.191 e. The first-order chi connectivity index (χ1) is 14.3. The van der Waals surface area contributed by atoms with Gasteiger partial charge in [0, 0.05) is 58.1 Å². The maximum absolute atomic E-state index is 4.43. The number of likely N-dealkylation sites (tertiary alicyclic amines) is 1. The summed E-state index contributed by atoms with van der Waals surface area (Å²) in [6.45, 7) is 3.81. The Bertz CT molecular complexity index is 928. The largest absolute Gasteiger partial charge is 0.356 e. The quantitative estimate of drug-likeness (QED) is 0.489. The predicted molar refractivity (Wildman–Crippen MR) is 114 cm³/mol. The van der Waals surface area contributed by atoms with Gasteiger partial charge in [0.2, 0.25) is 0 Å². The normalized spacial score (nSPS) is 16.2. The lowest BCUT2D eigenvalue weighted by molar-refractivity contribution is 0.196. The van der Waals surface area contributed by atoms with Gasteiger partial charge < -0.3 is 10.6 Å². The van der Waals surface area contributed by atoms with Crippen molar-refractivity contribution in [3.05, 3.63) is 60.3 Å². The van der Waals surface area contributed by atoms with E-state index in [0.717, 1.165) is 68.6 Å². The molecule has 1 fully saturated rings. The number of guanidine groups is 1. The van der Waals surface area contributed by atoms with Gasteiger partial charge in [0.15, 0.2) is 11.6 Å². The fourth-order valence-corrected chi connectivity index (χ4v) is 3.70. The van der Waals surface area contributed by atoms with E-state index in [9.17, 15) is 0 Å². The van der Waals surface area contributed by atoms with Crippen molar-refractivity contribution >= 4 is 11.6 Å². The molecule has 0 aliphatic carbocycles. The number of aliphatic imine (C=N–C) groups is 1. The average molecular weight is 393 g/mol. The number of pyridine rings is 2. The van der Waals surface area contributed by atoms with Crippen molar-refractivity contribution in [2.45, 2.75) is 31.8 Å². The Morgan fingerprint density at radius 1 is 1.14 bits per heavy atom. The zero-order chi connectivity index (χ0) is 19.9. The molecule has 0 atom stereocenters. The summed E-state index contributed by atoms with van der Waals surface area (Å²) in [5.41, 5.74) is 2.01. The minimum absolute atomic E-state index is 0.440. The summed E-state index contributed by atoms with van der Waals surface area (Å²) in [5.74, 6) is 1.80. The molecule has 0 amide bonds. The molecule has 1 aliphatic rings. The van der Waals surface area contributed by atoms with Gasteiger partial charge in [0.1, 0.15) is 5.82 Å². The van der Waals surface area contributed by atoms with Crippen molar-refractivity contribution in [1.29, 1.82) is 0 Å². The van der Waals surface area contributed by atoms with Crippen LogP contribution in [0.25, 0.3) is 5.65 Å². The third-order valence-corrected chi connectivity index (χ3v) is 5.29. The molecule has 0 radical (unpaired) electrons. The number of piperidine rings is 1. The van der Waals surface area contributed by atoms with Crippen LogP contribution in [-0.4, -0.2) is 63.2 Å². The molecule has 1 saturated heterocycles. The van der Waals surface area contributed by atoms with Crippen LogP contribution >= 0.6 is 0 Å². The topological polar surface area (TPSA) is 82.7 Å². The molecule has 8 nitrogen and oxygen atoms in total. The first kappa shape index (κ1) is 19.3. The maximum atomic E-state index is 4.43. The molecule has 2 N–H and O–H groups in total. The molecule has 4 heterocycles. The molecule has 0 saturated carbocycles. The van der Waals surface area contributed by atoms with E-state index in [0.29, 0.717) is 6.04 Å². The molecular formula is C21H28N8. The highest BCUT2D eigenvalue weighted by molar-refractivity contribution is 5.79. The van der Waals surface area contributed by atoms with Crippen molar-refractivity contribution < 1.29 is 0 Å². The van der Waals surface area contributed by atoms with Crippen LogP contribution < -0.4 is 10.6 Å². The summed E-state index contributed by atoms with van der Waals surface area (Å²) in [6.07, 6.45) is 6.84. The van der Waals surface area contributed by atoms with E-state index < -0.39 is 0 Å². The fraction of sp³-hybridized carbons (Fsp3) is 0.429. The van der Waals surface area contributed by atoms with E-state index in [-0.39, 0.29) is 0 Å². The number of fused-ring (bicyclic) bond motifs is 1. The molecule has 0 aromatic carbocycles. The van der Waals surface area contributed by atoms with Gasteiger partial charge in [-0.05, 0) is 37.1 Å². The Labute approximate surface area is 171 Å². The second-order valence-corrected chi connectivity index (χ2v) is 7.31. The summed E-state index contributed by atoms with van der Waals surface area (Å²) in [6, 6.07) is 12.5. The van der Waals surface area contributed by atoms with Crippen LogP contribution in [0.15, 0.2) is 53.8 Å². The Hall–Kier alpha value is -3.00. The molecule has 152 valence electrons. The fourth-order valence-electron chi connectivity index (χ4n) is 3.70. The number of hydrogen-bond donors (Lipinski definition) is 2. The van der Waals surface area contributed by atoms with E-state index in [1.165, 1.54) is 0 Å². The van der Waals surface area contributed by atoms with E-state index in [1.807, 2.05) is 48.1 Å². The van der Waals surface area contributed by atoms with Gasteiger partial charge in [-0.2, -0.15) is 0 Å². The van der Waals surface area contributed by atoms with Gasteiger partial charge in [0.25, 0.3) is 0 Å². The molecule has 3 aromatic rings. The van der Waals surface area contributed by atoms with Crippen LogP contribution in [0.1, 0.15) is 24.4 Å². The predicted octanol–water partition coefficient (Wildman–Crippen LogP) is 1.50. The summed E-state index contributed by atoms with van der Waals surface area (Å²) in [7, 11) is 1.82. The molecule has 0 spiro atoms. The monoisotopic (exact) mass is 392 g/mol. The molecule has 29 heavy (non-hydrogen) atoms. The van der Waals surface area contributed by atoms with Crippen LogP contribution in [0.3, 0.4) is 0 Å². The zero-order valence-electron chi connectivity index (χ0n) is 16.8. The highest BCUT2D eigenvalue weighted by Crippen LogP contribution is 2.13. The first-order valence-corrected chi connectivity index (χ1v) is 10.2. The highest BCUT2D eigenvalue weighted by atomic mass is 15.3. The second-order valence-electron chi connectivity index (χ2n) is 7.31. The molecule has 3 aromatic heterocycles. The summed E-state index contributed by atoms with van der Waals surface area (Å²) < 4.78 is 2.02. The van der Waals surface area contributed by atoms with Crippen LogP contribution in [0.4, 0.5) is 0 Å². The number of nitrogens with one attached hydrogen (secondary N) is 2. The van der Waals surface area contributed by atoms with E-state index in [4.69, 9.17) is 0 Å². The lowest BCUT2D eigenvalue weighted by Gasteiger charge is -2.32. The smallest absolute Gasteiger partial charge is 0.191 e. The third kappa shape index (κ3) is 5.08. The lowest BCUT2D eigenvalue weighted by Crippen LogP contribution is -2.48. The van der Waals surface area contributed by atoms with Crippen molar-refractivity contribution in [3.8, 4) is 0 Å². The van der Waals surface area contributed by atoms with Gasteiger partial charge in [-0.3, -0.25) is 19.3 Å². The van der Waals surface area contributed by atoms with Crippen molar-refractivity contribution in [1.82, 2.24) is 35.1 Å². The van der Waals surface area contributed by atoms with E-state index in [1.54, 1.807) is 0 Å². The van der Waals surface area contributed by atoms with Crippen LogP contribution in [0, 0.1) is 0 Å². The summed E-state index contributed by atoms with van der Waals surface area (Å²) >= 11 is 0. The Morgan fingerprint density at radius 2 is 2.00 bits per heavy atom. The Balaban J connectivity index is 1.21. The molecule has 0 bridgehead atoms. The van der Waals surface area contributed by atoms with Gasteiger partial charge in [-0.1, -0.05) is 12.1 Å². The van der Waals surface area contributed by atoms with Gasteiger partial charge in [0.05, 0.1) is 5.69 Å². The number of aromatic nitrogens is 4. The number of rotatable bonds is 6. The Kier molecular flexibility index (Phi) is 6.31. The Morgan fingerprint density at radius 3 is 2.79 bits per heavy atom. The number of hydrogen-bond acceptors (Lipinski definition) is 5. The van der Waals surface area contributed by atoms with E-state index >= 15 is 0 Å². The first-order valence-electron chi connectivity index (χ1n) is 10.2. The molecule has 0 unspecified atom stereocenters. The lowest BCUT2D eigenvalue weighted by atomic mass is 10.0. The van der Waals surface area contributed by atoms with Crippen LogP contribution in [-0.2, 0) is 13.0 Å². The van der Waals surface area contributed by atoms with Crippen LogP contribution in [0.5, 0.6) is 0 Å². The minimum Gasteiger partial charge on any atom is -0.356 e. The summed E-state index contributed by atoms with van der Waals surface area (Å²) in [4.78, 5) is 11.3. The average Bonchev–Trinajstić information content (AvgIpc) is 3.18. The van der Waals surface area contributed by atoms with Crippen molar-refractivity contribution in [3.63, 3.8) is 0 Å². The van der Waals surface area contributed by atoms with Gasteiger partial charge >= 0.3 is 0 Å². The zero-order valence-corrected chi connectivity index (χ0v) is 16.8. The van der Waals surface area contributed by atoms with Crippen molar-refractivity contribution in [2.24, 2.45) is 4.99 Å². The minimum atomic E-state index is 0.440. The summed E-state index contributed by atoms with van der Waals surface area (Å²) in [5, 5.41) is 15.4. The van der Waals surface area contributed by atoms with Crippen molar-refractivity contribution in [2.75, 3.05) is 26.7 Å². The third-order valence-electron chi connectivity index (χ3n) is 5.29. The standard InChI is InChI=1S/C21H28N8/c1-22-21(24-12-8-20-27-26-19-7-3-5-13-29(19)20)25-17-9-14-28(15-10-17)16-18-6-2-4-11-23-18/h2-7,11,13,17H,8-10,12,14-16H2,1H3,(H2,22,24,25). The highest BCUT2D eigenvalue weighted by Gasteiger charge is 2.20. The number of nitrogens with zero attached hydrogens (tertiary/aromatic N) is 6.